The number of carbonyl (C=O) groups excluding carboxylic acids is 1. The molecule has 0 aliphatic carbocycles. The van der Waals surface area contributed by atoms with Gasteiger partial charge in [-0.2, -0.15) is 5.26 Å². The van der Waals surface area contributed by atoms with Gasteiger partial charge in [0.25, 0.3) is 5.56 Å². The number of carbonyl (C=O) groups is 1. The van der Waals surface area contributed by atoms with Crippen LogP contribution in [0.25, 0.3) is 6.08 Å². The molecule has 38 heavy (non-hydrogen) atoms. The fourth-order valence-electron chi connectivity index (χ4n) is 4.15. The van der Waals surface area contributed by atoms with Crippen LogP contribution < -0.4 is 29.1 Å². The molecular weight excluding hydrogens is 574 g/mol. The van der Waals surface area contributed by atoms with Crippen molar-refractivity contribution in [1.82, 2.24) is 4.57 Å². The van der Waals surface area contributed by atoms with Crippen molar-refractivity contribution in [3.63, 3.8) is 0 Å². The van der Waals surface area contributed by atoms with Crippen LogP contribution >= 0.6 is 27.3 Å². The Balaban J connectivity index is 1.99. The van der Waals surface area contributed by atoms with Crippen LogP contribution in [0.1, 0.15) is 31.0 Å². The van der Waals surface area contributed by atoms with Crippen molar-refractivity contribution in [3.8, 4) is 23.3 Å². The molecule has 0 amide bonds. The third kappa shape index (κ3) is 5.10. The molecule has 0 unspecified atom stereocenters. The minimum atomic E-state index is -0.841. The topological polar surface area (TPSA) is 112 Å². The molecule has 11 heteroatoms. The van der Waals surface area contributed by atoms with Crippen LogP contribution in [0.3, 0.4) is 0 Å². The number of fused-ring (bicyclic) bond motifs is 1. The fraction of sp³-hybridized carbons (Fsp3) is 0.259. The normalized spacial score (nSPS) is 14.8. The van der Waals surface area contributed by atoms with Gasteiger partial charge in [-0.1, -0.05) is 45.5 Å². The Kier molecular flexibility index (Phi) is 8.34. The van der Waals surface area contributed by atoms with E-state index in [1.165, 1.54) is 30.1 Å². The SMILES string of the molecule is CCOC(=O)C1=C(C)N=c2s/c(=C\c3ccccc3OCC#N)c(=O)n2[C@H]1c1cc(OC)c(OC)cc1Br. The number of rotatable bonds is 8. The first kappa shape index (κ1) is 27.2. The van der Waals surface area contributed by atoms with E-state index in [0.717, 1.165) is 0 Å². The van der Waals surface area contributed by atoms with Crippen LogP contribution in [0.4, 0.5) is 0 Å². The van der Waals surface area contributed by atoms with Gasteiger partial charge in [-0.05, 0) is 43.7 Å². The Morgan fingerprint density at radius 2 is 1.92 bits per heavy atom. The number of nitriles is 1. The summed E-state index contributed by atoms with van der Waals surface area (Å²) in [5, 5.41) is 8.91. The molecule has 3 aromatic rings. The van der Waals surface area contributed by atoms with Crippen molar-refractivity contribution in [2.24, 2.45) is 4.99 Å². The number of nitrogens with zero attached hydrogens (tertiary/aromatic N) is 3. The largest absolute Gasteiger partial charge is 0.493 e. The number of ether oxygens (including phenoxy) is 4. The van der Waals surface area contributed by atoms with E-state index < -0.39 is 12.0 Å². The molecule has 1 atom stereocenters. The predicted molar refractivity (Wildman–Crippen MR) is 145 cm³/mol. The number of methoxy groups -OCH3 is 2. The van der Waals surface area contributed by atoms with Crippen LogP contribution in [0, 0.1) is 11.3 Å². The Morgan fingerprint density at radius 1 is 1.21 bits per heavy atom. The smallest absolute Gasteiger partial charge is 0.338 e. The van der Waals surface area contributed by atoms with Gasteiger partial charge in [0.05, 0.1) is 42.7 Å². The van der Waals surface area contributed by atoms with Crippen molar-refractivity contribution in [2.75, 3.05) is 27.4 Å². The second-order valence-corrected chi connectivity index (χ2v) is 9.88. The molecule has 0 N–H and O–H groups in total. The van der Waals surface area contributed by atoms with E-state index in [2.05, 4.69) is 20.9 Å². The second-order valence-electron chi connectivity index (χ2n) is 8.02. The molecule has 1 aliphatic rings. The monoisotopic (exact) mass is 597 g/mol. The van der Waals surface area contributed by atoms with Gasteiger partial charge in [-0.15, -0.1) is 0 Å². The van der Waals surface area contributed by atoms with Crippen molar-refractivity contribution >= 4 is 39.3 Å². The first-order valence-corrected chi connectivity index (χ1v) is 13.1. The highest BCUT2D eigenvalue weighted by molar-refractivity contribution is 9.10. The minimum Gasteiger partial charge on any atom is -0.493 e. The third-order valence-corrected chi connectivity index (χ3v) is 7.48. The minimum absolute atomic E-state index is 0.123. The lowest BCUT2D eigenvalue weighted by Gasteiger charge is -2.26. The zero-order chi connectivity index (χ0) is 27.4. The molecule has 1 aliphatic heterocycles. The van der Waals surface area contributed by atoms with E-state index in [9.17, 15) is 9.59 Å². The van der Waals surface area contributed by atoms with Crippen molar-refractivity contribution in [1.29, 1.82) is 5.26 Å². The first-order valence-electron chi connectivity index (χ1n) is 11.5. The summed E-state index contributed by atoms with van der Waals surface area (Å²) in [6.07, 6.45) is 1.70. The van der Waals surface area contributed by atoms with Gasteiger partial charge in [-0.25, -0.2) is 9.79 Å². The van der Waals surface area contributed by atoms with Gasteiger partial charge in [0.1, 0.15) is 11.8 Å². The Morgan fingerprint density at radius 3 is 2.61 bits per heavy atom. The van der Waals surface area contributed by atoms with E-state index in [-0.39, 0.29) is 24.3 Å². The lowest BCUT2D eigenvalue weighted by molar-refractivity contribution is -0.139. The van der Waals surface area contributed by atoms with Crippen LogP contribution in [-0.4, -0.2) is 38.0 Å². The van der Waals surface area contributed by atoms with Crippen molar-refractivity contribution < 1.29 is 23.7 Å². The van der Waals surface area contributed by atoms with Gasteiger partial charge in [-0.3, -0.25) is 9.36 Å². The van der Waals surface area contributed by atoms with Crippen LogP contribution in [0.2, 0.25) is 0 Å². The molecule has 0 spiro atoms. The number of hydrogen-bond donors (Lipinski definition) is 0. The molecule has 0 radical (unpaired) electrons. The molecule has 2 heterocycles. The Labute approximate surface area is 231 Å². The van der Waals surface area contributed by atoms with Gasteiger partial charge in [0, 0.05) is 10.0 Å². The molecule has 9 nitrogen and oxygen atoms in total. The molecule has 2 aromatic carbocycles. The molecule has 4 rings (SSSR count). The molecule has 0 bridgehead atoms. The number of thiazole rings is 1. The maximum atomic E-state index is 13.9. The molecule has 0 saturated carbocycles. The Hall–Kier alpha value is -3.88. The predicted octanol–water partition coefficient (Wildman–Crippen LogP) is 3.48. The molecular formula is C27H24BrN3O6S. The van der Waals surface area contributed by atoms with E-state index in [4.69, 9.17) is 24.2 Å². The zero-order valence-corrected chi connectivity index (χ0v) is 23.5. The van der Waals surface area contributed by atoms with Gasteiger partial charge < -0.3 is 18.9 Å². The summed E-state index contributed by atoms with van der Waals surface area (Å²) in [4.78, 5) is 32.1. The summed E-state index contributed by atoms with van der Waals surface area (Å²) in [5.41, 5.74) is 1.59. The molecule has 196 valence electrons. The summed E-state index contributed by atoms with van der Waals surface area (Å²) >= 11 is 4.78. The van der Waals surface area contributed by atoms with Crippen molar-refractivity contribution in [3.05, 3.63) is 83.0 Å². The summed E-state index contributed by atoms with van der Waals surface area (Å²) in [5.74, 6) is 0.838. The summed E-state index contributed by atoms with van der Waals surface area (Å²) in [7, 11) is 3.04. The highest BCUT2D eigenvalue weighted by Gasteiger charge is 2.35. The zero-order valence-electron chi connectivity index (χ0n) is 21.1. The van der Waals surface area contributed by atoms with Gasteiger partial charge in [0.15, 0.2) is 22.9 Å². The number of para-hydroxylation sites is 1. The van der Waals surface area contributed by atoms with Crippen LogP contribution in [-0.2, 0) is 9.53 Å². The quantitative estimate of drug-likeness (QED) is 0.365. The molecule has 0 fully saturated rings. The highest BCUT2D eigenvalue weighted by atomic mass is 79.9. The van der Waals surface area contributed by atoms with E-state index >= 15 is 0 Å². The maximum absolute atomic E-state index is 13.9. The summed E-state index contributed by atoms with van der Waals surface area (Å²) < 4.78 is 24.3. The van der Waals surface area contributed by atoms with E-state index in [1.807, 2.05) is 12.1 Å². The number of esters is 1. The van der Waals surface area contributed by atoms with Gasteiger partial charge >= 0.3 is 5.97 Å². The maximum Gasteiger partial charge on any atom is 0.338 e. The highest BCUT2D eigenvalue weighted by Crippen LogP contribution is 2.40. The van der Waals surface area contributed by atoms with Crippen LogP contribution in [0.5, 0.6) is 17.2 Å². The lowest BCUT2D eigenvalue weighted by Crippen LogP contribution is -2.40. The third-order valence-electron chi connectivity index (χ3n) is 5.81. The number of allylic oxidation sites excluding steroid dienone is 1. The number of aromatic nitrogens is 1. The van der Waals surface area contributed by atoms with E-state index in [1.54, 1.807) is 50.3 Å². The summed E-state index contributed by atoms with van der Waals surface area (Å²) in [6, 6.07) is 11.7. The average Bonchev–Trinajstić information content (AvgIpc) is 3.21. The van der Waals surface area contributed by atoms with E-state index in [0.29, 0.717) is 47.9 Å². The summed E-state index contributed by atoms with van der Waals surface area (Å²) in [6.45, 7) is 3.48. The number of benzene rings is 2. The lowest BCUT2D eigenvalue weighted by atomic mass is 9.95. The number of halogens is 1. The second kappa shape index (κ2) is 11.7. The number of hydrogen-bond acceptors (Lipinski definition) is 9. The van der Waals surface area contributed by atoms with Crippen molar-refractivity contribution in [2.45, 2.75) is 19.9 Å². The average molecular weight is 598 g/mol. The molecule has 0 saturated heterocycles. The Bertz CT molecular complexity index is 1650. The first-order chi connectivity index (χ1) is 18.3. The fourth-order valence-corrected chi connectivity index (χ4v) is 5.72. The van der Waals surface area contributed by atoms with Crippen LogP contribution in [0.15, 0.2) is 61.9 Å². The standard InChI is InChI=1S/C27H24BrN3O6S/c1-5-36-26(33)23-15(2)30-27-31(24(23)17-13-20(34-3)21(35-4)14-18(17)28)25(32)22(38-27)12-16-8-6-7-9-19(16)37-11-10-29/h6-9,12-14,24H,5,11H2,1-4H3/b22-12-/t24-/m0/s1. The molecule has 1 aromatic heterocycles. The van der Waals surface area contributed by atoms with Gasteiger partial charge in [0.2, 0.25) is 0 Å².